The van der Waals surface area contributed by atoms with Crippen LogP contribution in [0.5, 0.6) is 0 Å². The lowest BCUT2D eigenvalue weighted by atomic mass is 9.94. The lowest BCUT2D eigenvalue weighted by Crippen LogP contribution is -2.25. The van der Waals surface area contributed by atoms with Crippen molar-refractivity contribution in [3.05, 3.63) is 64.7 Å². The van der Waals surface area contributed by atoms with Gasteiger partial charge in [0.15, 0.2) is 5.71 Å². The van der Waals surface area contributed by atoms with Crippen molar-refractivity contribution in [1.82, 2.24) is 0 Å². The van der Waals surface area contributed by atoms with E-state index in [9.17, 15) is 47.9 Å². The second-order valence-corrected chi connectivity index (χ2v) is 9.27. The molecule has 0 aromatic heterocycles. The van der Waals surface area contributed by atoms with Gasteiger partial charge in [-0.3, -0.25) is 9.54 Å². The van der Waals surface area contributed by atoms with Crippen LogP contribution in [0, 0.1) is 5.92 Å². The molecule has 0 bridgehead atoms. The average molecular weight is 567 g/mol. The zero-order chi connectivity index (χ0) is 28.4. The minimum Gasteiger partial charge on any atom is -0.264 e. The molecule has 2 rings (SSSR count). The summed E-state index contributed by atoms with van der Waals surface area (Å²) < 4.78 is 147. The van der Waals surface area contributed by atoms with Crippen LogP contribution in [0.2, 0.25) is 0 Å². The molecule has 0 aliphatic carbocycles. The molecule has 2 aromatic rings. The molecule has 0 saturated carbocycles. The van der Waals surface area contributed by atoms with Gasteiger partial charge < -0.3 is 0 Å². The third-order valence-corrected chi connectivity index (χ3v) is 6.22. The quantitative estimate of drug-likeness (QED) is 0.161. The van der Waals surface area contributed by atoms with Crippen LogP contribution in [-0.2, 0) is 31.6 Å². The van der Waals surface area contributed by atoms with Gasteiger partial charge >= 0.3 is 28.6 Å². The zero-order valence-electron chi connectivity index (χ0n) is 18.7. The average Bonchev–Trinajstić information content (AvgIpc) is 2.78. The van der Waals surface area contributed by atoms with Gasteiger partial charge in [-0.25, -0.2) is 4.89 Å². The predicted molar refractivity (Wildman–Crippen MR) is 110 cm³/mol. The Bertz CT molecular complexity index is 1190. The summed E-state index contributed by atoms with van der Waals surface area (Å²) in [5, 5.41) is 11.6. The fraction of sp³-hybridized carbons (Fsp3) is 0.381. The molecule has 206 valence electrons. The number of nitrogens with zero attached hydrogens (tertiary/aromatic N) is 1. The number of hydrogen-bond acceptors (Lipinski definition) is 6. The molecule has 37 heavy (non-hydrogen) atoms. The molecule has 1 N–H and O–H groups in total. The summed E-state index contributed by atoms with van der Waals surface area (Å²) in [6.07, 6.45) is -16.6. The maximum Gasteiger partial charge on any atom is 0.437 e. The fourth-order valence-corrected chi connectivity index (χ4v) is 3.81. The highest BCUT2D eigenvalue weighted by molar-refractivity contribution is 7.86. The van der Waals surface area contributed by atoms with Crippen molar-refractivity contribution in [2.75, 3.05) is 0 Å². The van der Waals surface area contributed by atoms with Gasteiger partial charge in [-0.15, -0.1) is 0 Å². The van der Waals surface area contributed by atoms with E-state index in [-0.39, 0.29) is 29.7 Å². The molecule has 16 heteroatoms. The van der Waals surface area contributed by atoms with Crippen LogP contribution < -0.4 is 0 Å². The number of hydrogen-bond donors (Lipinski definition) is 1. The molecular weight excluding hydrogens is 549 g/mol. The topological polar surface area (TPSA) is 85.2 Å². The van der Waals surface area contributed by atoms with E-state index in [4.69, 9.17) is 5.26 Å². The monoisotopic (exact) mass is 567 g/mol. The molecule has 0 radical (unpaired) electrons. The first-order valence-electron chi connectivity index (χ1n) is 10.1. The minimum absolute atomic E-state index is 0.230. The van der Waals surface area contributed by atoms with E-state index >= 15 is 0 Å². The Labute approximate surface area is 204 Å². The summed E-state index contributed by atoms with van der Waals surface area (Å²) in [6, 6.07) is 3.06. The van der Waals surface area contributed by atoms with E-state index in [1.54, 1.807) is 13.8 Å². The van der Waals surface area contributed by atoms with Crippen LogP contribution in [0.4, 0.5) is 39.5 Å². The second-order valence-electron chi connectivity index (χ2n) is 7.74. The van der Waals surface area contributed by atoms with Crippen LogP contribution in [0.3, 0.4) is 0 Å². The van der Waals surface area contributed by atoms with E-state index < -0.39 is 62.0 Å². The van der Waals surface area contributed by atoms with Crippen molar-refractivity contribution in [3.63, 3.8) is 0 Å². The van der Waals surface area contributed by atoms with Gasteiger partial charge in [0.2, 0.25) is 0 Å². The summed E-state index contributed by atoms with van der Waals surface area (Å²) >= 11 is 0. The Balaban J connectivity index is 2.52. The van der Waals surface area contributed by atoms with Gasteiger partial charge in [0, 0.05) is 5.56 Å². The van der Waals surface area contributed by atoms with E-state index in [2.05, 4.69) is 14.3 Å². The highest BCUT2D eigenvalue weighted by Gasteiger charge is 2.40. The Morgan fingerprint density at radius 1 is 0.919 bits per heavy atom. The number of benzene rings is 2. The largest absolute Gasteiger partial charge is 0.437 e. The Morgan fingerprint density at radius 2 is 1.41 bits per heavy atom. The predicted octanol–water partition coefficient (Wildman–Crippen LogP) is 6.97. The normalized spacial score (nSPS) is 15.4. The number of alkyl halides is 9. The maximum atomic E-state index is 13.6. The standard InChI is InChI=1S/C21H18F9NO5S/c1-3-11(2)17(35-32)12-4-6-13(7-5-12)18(21(28,29)30)31-36-37(33,34)16-9-14(19(22,23)24)8-15(10-16)20(25,26)27/h4-11,17,32H,3H2,1-2H3/b31-18+. The van der Waals surface area contributed by atoms with Crippen LogP contribution in [-0.4, -0.2) is 25.6 Å². The lowest BCUT2D eigenvalue weighted by molar-refractivity contribution is -0.293. The lowest BCUT2D eigenvalue weighted by Gasteiger charge is -2.20. The van der Waals surface area contributed by atoms with Gasteiger partial charge in [-0.05, 0) is 29.7 Å². The summed E-state index contributed by atoms with van der Waals surface area (Å²) in [5.41, 5.74) is -6.51. The maximum absolute atomic E-state index is 13.6. The molecule has 2 atom stereocenters. The number of oxime groups is 1. The van der Waals surface area contributed by atoms with Gasteiger partial charge in [-0.1, -0.05) is 49.7 Å². The summed E-state index contributed by atoms with van der Waals surface area (Å²) in [6.45, 7) is 3.45. The van der Waals surface area contributed by atoms with Crippen molar-refractivity contribution in [2.24, 2.45) is 11.1 Å². The van der Waals surface area contributed by atoms with Gasteiger partial charge in [0.05, 0.1) is 11.1 Å². The molecule has 0 aliphatic heterocycles. The van der Waals surface area contributed by atoms with Crippen molar-refractivity contribution < 1.29 is 62.4 Å². The smallest absolute Gasteiger partial charge is 0.264 e. The van der Waals surface area contributed by atoms with Gasteiger partial charge in [0.1, 0.15) is 11.0 Å². The summed E-state index contributed by atoms with van der Waals surface area (Å²) in [7, 11) is -5.67. The first kappa shape index (κ1) is 30.4. The summed E-state index contributed by atoms with van der Waals surface area (Å²) in [4.78, 5) is 2.63. The first-order chi connectivity index (χ1) is 16.8. The second kappa shape index (κ2) is 10.9. The summed E-state index contributed by atoms with van der Waals surface area (Å²) in [5.74, 6) is -0.255. The minimum atomic E-state index is -5.67. The van der Waals surface area contributed by atoms with Gasteiger partial charge in [-0.2, -0.15) is 47.9 Å². The Morgan fingerprint density at radius 3 is 1.78 bits per heavy atom. The molecule has 6 nitrogen and oxygen atoms in total. The van der Waals surface area contributed by atoms with Gasteiger partial charge in [0.25, 0.3) is 0 Å². The van der Waals surface area contributed by atoms with E-state index in [1.807, 2.05) is 0 Å². The number of halogens is 9. The zero-order valence-corrected chi connectivity index (χ0v) is 19.6. The molecule has 0 fully saturated rings. The molecule has 2 aromatic carbocycles. The molecule has 2 unspecified atom stereocenters. The van der Waals surface area contributed by atoms with E-state index in [0.29, 0.717) is 6.42 Å². The SMILES string of the molecule is CCC(C)C(OO)c1ccc(/C(=N\OS(=O)(=O)c2cc(C(F)(F)F)cc(C(F)(F)F)c2)C(F)(F)F)cc1. The fourth-order valence-electron chi connectivity index (χ4n) is 3.01. The third kappa shape index (κ3) is 7.58. The number of rotatable bonds is 8. The highest BCUT2D eigenvalue weighted by atomic mass is 32.2. The Kier molecular flexibility index (Phi) is 8.92. The van der Waals surface area contributed by atoms with Crippen LogP contribution in [0.1, 0.15) is 48.6 Å². The first-order valence-corrected chi connectivity index (χ1v) is 11.5. The van der Waals surface area contributed by atoms with Crippen molar-refractivity contribution in [2.45, 2.75) is 49.8 Å². The van der Waals surface area contributed by atoms with Crippen LogP contribution in [0.15, 0.2) is 52.5 Å². The van der Waals surface area contributed by atoms with Crippen molar-refractivity contribution in [1.29, 1.82) is 0 Å². The molecule has 0 saturated heterocycles. The van der Waals surface area contributed by atoms with Crippen LogP contribution >= 0.6 is 0 Å². The Hall–Kier alpha value is -2.85. The third-order valence-electron chi connectivity index (χ3n) is 5.13. The van der Waals surface area contributed by atoms with Crippen LogP contribution in [0.25, 0.3) is 0 Å². The highest BCUT2D eigenvalue weighted by Crippen LogP contribution is 2.38. The van der Waals surface area contributed by atoms with Crippen molar-refractivity contribution >= 4 is 15.8 Å². The molecular formula is C21H18F9NO5S. The molecule has 0 amide bonds. The van der Waals surface area contributed by atoms with E-state index in [1.165, 1.54) is 0 Å². The van der Waals surface area contributed by atoms with E-state index in [0.717, 1.165) is 24.3 Å². The molecule has 0 spiro atoms. The molecule has 0 aliphatic rings. The molecule has 0 heterocycles. The van der Waals surface area contributed by atoms with Crippen molar-refractivity contribution in [3.8, 4) is 0 Å².